The second-order valence-corrected chi connectivity index (χ2v) is 7.74. The second kappa shape index (κ2) is 8.58. The van der Waals surface area contributed by atoms with Crippen molar-refractivity contribution in [3.05, 3.63) is 90.0 Å². The normalized spacial score (nSPS) is 10.9. The maximum atomic E-state index is 12.2. The van der Waals surface area contributed by atoms with Gasteiger partial charge in [-0.25, -0.2) is 17.9 Å². The Bertz CT molecular complexity index is 1030. The number of benzene rings is 3. The van der Waals surface area contributed by atoms with E-state index >= 15 is 0 Å². The molecule has 3 rings (SSSR count). The Kier molecular flexibility index (Phi) is 5.96. The molecule has 0 aliphatic heterocycles. The molecule has 6 nitrogen and oxygen atoms in total. The third kappa shape index (κ3) is 5.34. The van der Waals surface area contributed by atoms with Crippen molar-refractivity contribution in [3.63, 3.8) is 0 Å². The highest BCUT2D eigenvalue weighted by atomic mass is 32.2. The van der Waals surface area contributed by atoms with Crippen LogP contribution in [0.15, 0.2) is 83.8 Å². The highest BCUT2D eigenvalue weighted by molar-refractivity contribution is 7.90. The van der Waals surface area contributed by atoms with E-state index in [-0.39, 0.29) is 10.6 Å². The molecular weight excluding hydrogens is 378 g/mol. The minimum absolute atomic E-state index is 0.0142. The van der Waals surface area contributed by atoms with Crippen molar-refractivity contribution in [1.82, 2.24) is 4.72 Å². The van der Waals surface area contributed by atoms with Crippen LogP contribution < -0.4 is 14.2 Å². The Morgan fingerprint density at radius 2 is 1.46 bits per heavy atom. The average Bonchev–Trinajstić information content (AvgIpc) is 2.68. The molecule has 0 bridgehead atoms. The van der Waals surface area contributed by atoms with Gasteiger partial charge in [-0.05, 0) is 48.9 Å². The largest absolute Gasteiger partial charge is 0.489 e. The number of amides is 1. The molecule has 0 saturated carbocycles. The zero-order valence-corrected chi connectivity index (χ0v) is 16.0. The molecule has 1 N–H and O–H groups in total. The summed E-state index contributed by atoms with van der Waals surface area (Å²) in [6, 6.07) is 22.2. The minimum Gasteiger partial charge on any atom is -0.489 e. The summed E-state index contributed by atoms with van der Waals surface area (Å²) in [5, 5.41) is 0. The number of carbonyl (C=O) groups is 1. The molecule has 0 radical (unpaired) electrons. The maximum absolute atomic E-state index is 12.2. The van der Waals surface area contributed by atoms with Crippen molar-refractivity contribution < 1.29 is 22.7 Å². The topological polar surface area (TPSA) is 81.7 Å². The summed E-state index contributed by atoms with van der Waals surface area (Å²) in [6.07, 6.45) is -1.08. The number of aryl methyl sites for hydroxylation is 1. The van der Waals surface area contributed by atoms with Gasteiger partial charge in [0.05, 0.1) is 4.90 Å². The summed E-state index contributed by atoms with van der Waals surface area (Å²) in [5.74, 6) is 0.799. The van der Waals surface area contributed by atoms with Crippen LogP contribution in [0, 0.1) is 6.92 Å². The van der Waals surface area contributed by atoms with E-state index in [1.807, 2.05) is 42.0 Å². The third-order valence-corrected chi connectivity index (χ3v) is 5.16. The van der Waals surface area contributed by atoms with Gasteiger partial charge >= 0.3 is 6.09 Å². The van der Waals surface area contributed by atoms with E-state index in [4.69, 9.17) is 9.47 Å². The number of ether oxygens (including phenoxy) is 2. The summed E-state index contributed by atoms with van der Waals surface area (Å²) >= 11 is 0. The minimum atomic E-state index is -3.99. The van der Waals surface area contributed by atoms with Crippen LogP contribution in [-0.2, 0) is 16.6 Å². The zero-order chi connectivity index (χ0) is 20.0. The van der Waals surface area contributed by atoms with Crippen LogP contribution >= 0.6 is 0 Å². The van der Waals surface area contributed by atoms with Crippen molar-refractivity contribution in [2.75, 3.05) is 0 Å². The Morgan fingerprint density at radius 3 is 2.11 bits per heavy atom. The first-order chi connectivity index (χ1) is 13.4. The SMILES string of the molecule is Cc1ccc(S(=O)(=O)NC(=O)Oc2ccc(OCc3ccccc3)cc2)cc1. The van der Waals surface area contributed by atoms with Crippen molar-refractivity contribution in [3.8, 4) is 11.5 Å². The molecule has 0 aromatic heterocycles. The lowest BCUT2D eigenvalue weighted by molar-refractivity contribution is 0.206. The first kappa shape index (κ1) is 19.4. The van der Waals surface area contributed by atoms with E-state index in [0.29, 0.717) is 12.4 Å². The van der Waals surface area contributed by atoms with Gasteiger partial charge in [0.15, 0.2) is 0 Å². The second-order valence-electron chi connectivity index (χ2n) is 6.05. The van der Waals surface area contributed by atoms with Crippen LogP contribution in [0.1, 0.15) is 11.1 Å². The van der Waals surface area contributed by atoms with Gasteiger partial charge in [0.25, 0.3) is 10.0 Å². The van der Waals surface area contributed by atoms with Gasteiger partial charge in [-0.15, -0.1) is 0 Å². The third-order valence-electron chi connectivity index (χ3n) is 3.83. The lowest BCUT2D eigenvalue weighted by atomic mass is 10.2. The summed E-state index contributed by atoms with van der Waals surface area (Å²) < 4.78 is 36.9. The maximum Gasteiger partial charge on any atom is 0.426 e. The molecule has 0 aliphatic rings. The smallest absolute Gasteiger partial charge is 0.426 e. The van der Waals surface area contributed by atoms with Crippen molar-refractivity contribution in [2.45, 2.75) is 18.4 Å². The number of nitrogens with one attached hydrogen (secondary N) is 1. The summed E-state index contributed by atoms with van der Waals surface area (Å²) in [7, 11) is -3.99. The molecule has 28 heavy (non-hydrogen) atoms. The van der Waals surface area contributed by atoms with E-state index in [9.17, 15) is 13.2 Å². The van der Waals surface area contributed by atoms with Crippen LogP contribution in [0.25, 0.3) is 0 Å². The predicted octanol–water partition coefficient (Wildman–Crippen LogP) is 4.05. The molecule has 1 amide bonds. The van der Waals surface area contributed by atoms with Crippen molar-refractivity contribution >= 4 is 16.1 Å². The van der Waals surface area contributed by atoms with E-state index in [2.05, 4.69) is 0 Å². The van der Waals surface area contributed by atoms with Gasteiger partial charge in [-0.2, -0.15) is 0 Å². The van der Waals surface area contributed by atoms with Crippen LogP contribution in [0.4, 0.5) is 4.79 Å². The molecule has 3 aromatic carbocycles. The number of hydrogen-bond acceptors (Lipinski definition) is 5. The average molecular weight is 397 g/mol. The molecule has 0 heterocycles. The molecule has 0 fully saturated rings. The van der Waals surface area contributed by atoms with E-state index < -0.39 is 16.1 Å². The summed E-state index contributed by atoms with van der Waals surface area (Å²) in [5.41, 5.74) is 1.94. The Labute approximate surface area is 163 Å². The van der Waals surface area contributed by atoms with Crippen molar-refractivity contribution in [2.24, 2.45) is 0 Å². The Morgan fingerprint density at radius 1 is 0.857 bits per heavy atom. The fourth-order valence-corrected chi connectivity index (χ4v) is 3.23. The van der Waals surface area contributed by atoms with Gasteiger partial charge in [-0.1, -0.05) is 48.0 Å². The molecule has 0 saturated heterocycles. The standard InChI is InChI=1S/C21H19NO5S/c1-16-7-13-20(14-8-16)28(24,25)22-21(23)27-19-11-9-18(10-12-19)26-15-17-5-3-2-4-6-17/h2-14H,15H2,1H3,(H,22,23). The molecule has 0 unspecified atom stereocenters. The number of carbonyl (C=O) groups excluding carboxylic acids is 1. The van der Waals surface area contributed by atoms with Crippen molar-refractivity contribution in [1.29, 1.82) is 0 Å². The molecule has 0 atom stereocenters. The van der Waals surface area contributed by atoms with Crippen LogP contribution in [0.2, 0.25) is 0 Å². The quantitative estimate of drug-likeness (QED) is 0.679. The van der Waals surface area contributed by atoms with E-state index in [1.165, 1.54) is 24.3 Å². The lowest BCUT2D eigenvalue weighted by Crippen LogP contribution is -2.33. The molecular formula is C21H19NO5S. The molecule has 144 valence electrons. The highest BCUT2D eigenvalue weighted by Crippen LogP contribution is 2.19. The van der Waals surface area contributed by atoms with Crippen LogP contribution in [0.3, 0.4) is 0 Å². The highest BCUT2D eigenvalue weighted by Gasteiger charge is 2.18. The summed E-state index contributed by atoms with van der Waals surface area (Å²) in [4.78, 5) is 11.9. The number of sulfonamides is 1. The van der Waals surface area contributed by atoms with Crippen LogP contribution in [-0.4, -0.2) is 14.5 Å². The first-order valence-corrected chi connectivity index (χ1v) is 9.99. The molecule has 0 aliphatic carbocycles. The van der Waals surface area contributed by atoms with Crippen LogP contribution in [0.5, 0.6) is 11.5 Å². The molecule has 3 aromatic rings. The number of hydrogen-bond donors (Lipinski definition) is 1. The van der Waals surface area contributed by atoms with Gasteiger partial charge in [-0.3, -0.25) is 0 Å². The molecule has 0 spiro atoms. The Balaban J connectivity index is 1.56. The van der Waals surface area contributed by atoms with Gasteiger partial charge in [0.2, 0.25) is 0 Å². The van der Waals surface area contributed by atoms with E-state index in [1.54, 1.807) is 24.3 Å². The Hall–Kier alpha value is -3.32. The van der Waals surface area contributed by atoms with E-state index in [0.717, 1.165) is 11.1 Å². The van der Waals surface area contributed by atoms with Gasteiger partial charge in [0, 0.05) is 0 Å². The lowest BCUT2D eigenvalue weighted by Gasteiger charge is -2.09. The monoisotopic (exact) mass is 397 g/mol. The number of rotatable bonds is 6. The summed E-state index contributed by atoms with van der Waals surface area (Å²) in [6.45, 7) is 2.25. The zero-order valence-electron chi connectivity index (χ0n) is 15.2. The van der Waals surface area contributed by atoms with Gasteiger partial charge < -0.3 is 9.47 Å². The first-order valence-electron chi connectivity index (χ1n) is 8.50. The fraction of sp³-hybridized carbons (Fsp3) is 0.0952. The molecule has 7 heteroatoms. The predicted molar refractivity (Wildman–Crippen MR) is 105 cm³/mol. The fourth-order valence-electron chi connectivity index (χ4n) is 2.36. The van der Waals surface area contributed by atoms with Gasteiger partial charge in [0.1, 0.15) is 18.1 Å².